The molecule has 0 bridgehead atoms. The van der Waals surface area contributed by atoms with Crippen LogP contribution in [0.2, 0.25) is 5.02 Å². The number of aldehydes is 1. The predicted molar refractivity (Wildman–Crippen MR) is 60.4 cm³/mol. The molecule has 0 saturated carbocycles. The van der Waals surface area contributed by atoms with E-state index in [4.69, 9.17) is 22.8 Å². The highest BCUT2D eigenvalue weighted by molar-refractivity contribution is 6.30. The van der Waals surface area contributed by atoms with E-state index in [0.717, 1.165) is 0 Å². The van der Waals surface area contributed by atoms with Gasteiger partial charge in [0.15, 0.2) is 11.9 Å². The van der Waals surface area contributed by atoms with Gasteiger partial charge in [-0.05, 0) is 32.0 Å². The summed E-state index contributed by atoms with van der Waals surface area (Å²) in [6, 6.07) is 4.82. The maximum absolute atomic E-state index is 10.8. The number of halogens is 1. The topological polar surface area (TPSA) is 26.3 Å². The van der Waals surface area contributed by atoms with Gasteiger partial charge in [0.2, 0.25) is 0 Å². The summed E-state index contributed by atoms with van der Waals surface area (Å²) in [6.45, 7) is 3.49. The molecule has 0 heterocycles. The third kappa shape index (κ3) is 3.00. The van der Waals surface area contributed by atoms with E-state index in [1.165, 1.54) is 6.07 Å². The van der Waals surface area contributed by atoms with Crippen molar-refractivity contribution in [2.75, 3.05) is 0 Å². The van der Waals surface area contributed by atoms with Crippen molar-refractivity contribution in [1.29, 1.82) is 0 Å². The fraction of sp³-hybridized carbons (Fsp3) is 0.250. The van der Waals surface area contributed by atoms with Crippen molar-refractivity contribution < 1.29 is 9.53 Å². The van der Waals surface area contributed by atoms with Crippen LogP contribution in [0.1, 0.15) is 24.2 Å². The van der Waals surface area contributed by atoms with Gasteiger partial charge in [0.25, 0.3) is 0 Å². The largest absolute Gasteiger partial charge is 0.474 e. The second-order valence-corrected chi connectivity index (χ2v) is 3.99. The molecule has 0 atom stereocenters. The summed E-state index contributed by atoms with van der Waals surface area (Å²) in [5, 5.41) is 0.489. The molecule has 0 amide bonds. The van der Waals surface area contributed by atoms with Gasteiger partial charge in [0.05, 0.1) is 5.56 Å². The fourth-order valence-corrected chi connectivity index (χ4v) is 1.19. The first kappa shape index (κ1) is 11.6. The summed E-state index contributed by atoms with van der Waals surface area (Å²) < 4.78 is 5.50. The zero-order chi connectivity index (χ0) is 11.5. The molecule has 0 aliphatic carbocycles. The van der Waals surface area contributed by atoms with Gasteiger partial charge in [-0.15, -0.1) is 6.42 Å². The van der Waals surface area contributed by atoms with Crippen LogP contribution in [-0.2, 0) is 0 Å². The number of hydrogen-bond donors (Lipinski definition) is 0. The minimum Gasteiger partial charge on any atom is -0.474 e. The molecule has 1 aromatic rings. The average molecular weight is 223 g/mol. The number of carbonyl (C=O) groups excluding carboxylic acids is 1. The van der Waals surface area contributed by atoms with Crippen LogP contribution in [0, 0.1) is 12.3 Å². The predicted octanol–water partition coefficient (Wildman–Crippen LogP) is 2.94. The van der Waals surface area contributed by atoms with Crippen molar-refractivity contribution in [3.8, 4) is 18.1 Å². The van der Waals surface area contributed by atoms with E-state index in [1.54, 1.807) is 26.0 Å². The summed E-state index contributed by atoms with van der Waals surface area (Å²) in [6.07, 6.45) is 5.97. The van der Waals surface area contributed by atoms with E-state index in [0.29, 0.717) is 22.6 Å². The first-order chi connectivity index (χ1) is 6.98. The highest BCUT2D eigenvalue weighted by Crippen LogP contribution is 2.24. The minimum absolute atomic E-state index is 0.394. The Bertz CT molecular complexity index is 416. The van der Waals surface area contributed by atoms with Crippen molar-refractivity contribution in [3.63, 3.8) is 0 Å². The molecule has 0 aliphatic rings. The van der Waals surface area contributed by atoms with Gasteiger partial charge < -0.3 is 4.74 Å². The Kier molecular flexibility index (Phi) is 3.39. The van der Waals surface area contributed by atoms with E-state index >= 15 is 0 Å². The van der Waals surface area contributed by atoms with Crippen LogP contribution in [0.4, 0.5) is 0 Å². The highest BCUT2D eigenvalue weighted by Gasteiger charge is 2.17. The lowest BCUT2D eigenvalue weighted by Crippen LogP contribution is -2.26. The maximum atomic E-state index is 10.8. The molecule has 15 heavy (non-hydrogen) atoms. The molecule has 0 aromatic heterocycles. The minimum atomic E-state index is -0.744. The Morgan fingerprint density at radius 1 is 1.53 bits per heavy atom. The van der Waals surface area contributed by atoms with Crippen LogP contribution in [0.3, 0.4) is 0 Å². The Balaban J connectivity index is 3.06. The number of hydrogen-bond acceptors (Lipinski definition) is 2. The third-order valence-electron chi connectivity index (χ3n) is 1.81. The molecule has 0 fully saturated rings. The van der Waals surface area contributed by atoms with Crippen LogP contribution in [0.25, 0.3) is 0 Å². The molecule has 0 N–H and O–H groups in total. The molecule has 0 aliphatic heterocycles. The van der Waals surface area contributed by atoms with Crippen LogP contribution < -0.4 is 4.74 Å². The van der Waals surface area contributed by atoms with Crippen LogP contribution in [0.15, 0.2) is 18.2 Å². The molecular formula is C12H11ClO2. The first-order valence-corrected chi connectivity index (χ1v) is 4.78. The van der Waals surface area contributed by atoms with E-state index < -0.39 is 5.60 Å². The standard InChI is InChI=1S/C12H11ClO2/c1-4-12(2,3)15-11-6-5-10(13)7-9(11)8-14/h1,5-8H,2-3H3. The lowest BCUT2D eigenvalue weighted by molar-refractivity contribution is 0.111. The van der Waals surface area contributed by atoms with Crippen LogP contribution in [-0.4, -0.2) is 11.9 Å². The van der Waals surface area contributed by atoms with Gasteiger partial charge >= 0.3 is 0 Å². The van der Waals surface area contributed by atoms with Gasteiger partial charge in [-0.3, -0.25) is 4.79 Å². The van der Waals surface area contributed by atoms with E-state index in [1.807, 2.05) is 0 Å². The monoisotopic (exact) mass is 222 g/mol. The molecule has 0 spiro atoms. The second kappa shape index (κ2) is 4.37. The Hall–Kier alpha value is -1.46. The van der Waals surface area contributed by atoms with E-state index in [-0.39, 0.29) is 0 Å². The quantitative estimate of drug-likeness (QED) is 0.581. The zero-order valence-corrected chi connectivity index (χ0v) is 9.34. The van der Waals surface area contributed by atoms with Gasteiger partial charge in [0.1, 0.15) is 5.75 Å². The van der Waals surface area contributed by atoms with Crippen molar-refractivity contribution in [1.82, 2.24) is 0 Å². The molecule has 1 aromatic carbocycles. The average Bonchev–Trinajstić information content (AvgIpc) is 2.20. The maximum Gasteiger partial charge on any atom is 0.163 e. The molecule has 0 radical (unpaired) electrons. The summed E-state index contributed by atoms with van der Waals surface area (Å²) in [4.78, 5) is 10.8. The van der Waals surface area contributed by atoms with Crippen molar-refractivity contribution in [3.05, 3.63) is 28.8 Å². The van der Waals surface area contributed by atoms with Crippen LogP contribution >= 0.6 is 11.6 Å². The Morgan fingerprint density at radius 2 is 2.20 bits per heavy atom. The second-order valence-electron chi connectivity index (χ2n) is 3.56. The van der Waals surface area contributed by atoms with Crippen molar-refractivity contribution in [2.45, 2.75) is 19.4 Å². The van der Waals surface area contributed by atoms with Crippen molar-refractivity contribution >= 4 is 17.9 Å². The summed E-state index contributed by atoms with van der Waals surface area (Å²) in [7, 11) is 0. The van der Waals surface area contributed by atoms with Crippen LogP contribution in [0.5, 0.6) is 5.75 Å². The van der Waals surface area contributed by atoms with Gasteiger partial charge in [-0.1, -0.05) is 17.5 Å². The molecule has 0 unspecified atom stereocenters. The van der Waals surface area contributed by atoms with Crippen molar-refractivity contribution in [2.24, 2.45) is 0 Å². The molecular weight excluding hydrogens is 212 g/mol. The lowest BCUT2D eigenvalue weighted by Gasteiger charge is -2.21. The van der Waals surface area contributed by atoms with E-state index in [2.05, 4.69) is 5.92 Å². The van der Waals surface area contributed by atoms with E-state index in [9.17, 15) is 4.79 Å². The number of terminal acetylenes is 1. The fourth-order valence-electron chi connectivity index (χ4n) is 1.01. The Labute approximate surface area is 94.2 Å². The molecule has 2 nitrogen and oxygen atoms in total. The summed E-state index contributed by atoms with van der Waals surface area (Å²) in [5.41, 5.74) is -0.350. The number of rotatable bonds is 3. The Morgan fingerprint density at radius 3 is 2.73 bits per heavy atom. The van der Waals surface area contributed by atoms with Gasteiger partial charge in [0, 0.05) is 5.02 Å². The van der Waals surface area contributed by atoms with Gasteiger partial charge in [-0.25, -0.2) is 0 Å². The molecule has 1 rings (SSSR count). The zero-order valence-electron chi connectivity index (χ0n) is 8.58. The number of carbonyl (C=O) groups is 1. The van der Waals surface area contributed by atoms with Gasteiger partial charge in [-0.2, -0.15) is 0 Å². The first-order valence-electron chi connectivity index (χ1n) is 4.40. The lowest BCUT2D eigenvalue weighted by atomic mass is 10.1. The third-order valence-corrected chi connectivity index (χ3v) is 2.05. The smallest absolute Gasteiger partial charge is 0.163 e. The molecule has 3 heteroatoms. The molecule has 0 saturated heterocycles. The molecule has 78 valence electrons. The SMILES string of the molecule is C#CC(C)(C)Oc1ccc(Cl)cc1C=O. The number of benzene rings is 1. The number of ether oxygens (including phenoxy) is 1. The normalized spacial score (nSPS) is 10.5. The summed E-state index contributed by atoms with van der Waals surface area (Å²) in [5.74, 6) is 2.93. The highest BCUT2D eigenvalue weighted by atomic mass is 35.5. The summed E-state index contributed by atoms with van der Waals surface area (Å²) >= 11 is 5.75.